The van der Waals surface area contributed by atoms with Crippen LogP contribution in [0.15, 0.2) is 200 Å². The number of rotatable bonds is 8. The smallest absolute Gasteiger partial charge is 0.150 e. The summed E-state index contributed by atoms with van der Waals surface area (Å²) >= 11 is 0. The van der Waals surface area contributed by atoms with Crippen molar-refractivity contribution < 1.29 is 4.79 Å². The van der Waals surface area contributed by atoms with Gasteiger partial charge < -0.3 is 19.9 Å². The molecule has 9 nitrogen and oxygen atoms in total. The van der Waals surface area contributed by atoms with Crippen LogP contribution in [0.1, 0.15) is 278 Å². The van der Waals surface area contributed by atoms with Crippen molar-refractivity contribution in [3.8, 4) is 89.7 Å². The SMILES string of the molecule is CC(C)(C)c1cc(-c2c3nc(c(-c4ccc(C=O)cc4)c4ccc([nH]4)c(-c4ccc(C#Cc5ccc(-c6c7nc(c(-c8cc(C(C)(C)C)cc(C(C)(C)C)c8)c8ccc([nH]8)c(-c8cc(C(C)(C)C)cc(C(C)(C)C)c8)c8nc(c(-c9cc(C(C)(C)C)cc(C(C)(C)C)c9)c9ccc6[nH]9)C=C8)C=C7)cc5)cc4)c4nc(cc5ccc2[nH]5)C=C4)C=C3)cc(C(C)(C)C)c1. The molecule has 16 bridgehead atoms. The van der Waals surface area contributed by atoms with Crippen molar-refractivity contribution in [2.24, 2.45) is 0 Å². The minimum absolute atomic E-state index is 0.109. The quantitative estimate of drug-likeness (QED) is 0.0889. The van der Waals surface area contributed by atoms with Gasteiger partial charge in [-0.3, -0.25) is 4.79 Å². The molecular formula is C117H118N8O. The van der Waals surface area contributed by atoms with Crippen molar-refractivity contribution in [1.82, 2.24) is 39.9 Å². The molecule has 4 aliphatic rings. The molecule has 4 N–H and O–H groups in total. The lowest BCUT2D eigenvalue weighted by molar-refractivity contribution is 0.112. The van der Waals surface area contributed by atoms with E-state index in [0.717, 1.165) is 185 Å². The number of H-pyrrole nitrogens is 4. The summed E-state index contributed by atoms with van der Waals surface area (Å²) in [4.78, 5) is 50.9. The molecule has 0 atom stereocenters. The Hall–Kier alpha value is -13.0. The summed E-state index contributed by atoms with van der Waals surface area (Å²) in [7, 11) is 0. The van der Waals surface area contributed by atoms with Crippen LogP contribution in [0.2, 0.25) is 0 Å². The molecule has 10 heterocycles. The summed E-state index contributed by atoms with van der Waals surface area (Å²) in [5, 5.41) is 0. The third-order valence-electron chi connectivity index (χ3n) is 25.2. The first-order valence-electron chi connectivity index (χ1n) is 44.6. The third kappa shape index (κ3) is 17.1. The summed E-state index contributed by atoms with van der Waals surface area (Å²) in [6.07, 6.45) is 18.2. The van der Waals surface area contributed by atoms with E-state index in [1.807, 2.05) is 24.3 Å². The van der Waals surface area contributed by atoms with Crippen LogP contribution in [0.4, 0.5) is 0 Å². The van der Waals surface area contributed by atoms with Gasteiger partial charge in [-0.05, 0) is 254 Å². The van der Waals surface area contributed by atoms with E-state index in [4.69, 9.17) is 19.9 Å². The maximum absolute atomic E-state index is 12.2. The molecule has 9 heteroatoms. The largest absolute Gasteiger partial charge is 0.355 e. The third-order valence-corrected chi connectivity index (χ3v) is 25.2. The predicted octanol–water partition coefficient (Wildman–Crippen LogP) is 30.9. The molecule has 17 rings (SSSR count). The monoisotopic (exact) mass is 1650 g/mol. The topological polar surface area (TPSA) is 132 Å². The predicted molar refractivity (Wildman–Crippen MR) is 537 cm³/mol. The van der Waals surface area contributed by atoms with Gasteiger partial charge in [-0.2, -0.15) is 0 Å². The minimum atomic E-state index is -0.154. The van der Waals surface area contributed by atoms with Crippen LogP contribution in [-0.2, 0) is 43.3 Å². The van der Waals surface area contributed by atoms with Gasteiger partial charge in [0.1, 0.15) is 6.29 Å². The van der Waals surface area contributed by atoms with E-state index < -0.39 is 0 Å². The second-order valence-electron chi connectivity index (χ2n) is 43.2. The summed E-state index contributed by atoms with van der Waals surface area (Å²) in [6, 6.07) is 73.3. The number of fused-ring (bicyclic) bond motifs is 16. The van der Waals surface area contributed by atoms with Gasteiger partial charge in [0, 0.05) is 99.8 Å². The highest BCUT2D eigenvalue weighted by atomic mass is 16.1. The van der Waals surface area contributed by atoms with E-state index in [0.29, 0.717) is 5.56 Å². The second-order valence-corrected chi connectivity index (χ2v) is 43.2. The van der Waals surface area contributed by atoms with Gasteiger partial charge in [0.2, 0.25) is 0 Å². The molecule has 632 valence electrons. The lowest BCUT2D eigenvalue weighted by atomic mass is 9.78. The number of aldehydes is 1. The Morgan fingerprint density at radius 3 is 0.683 bits per heavy atom. The van der Waals surface area contributed by atoms with Crippen molar-refractivity contribution in [1.29, 1.82) is 0 Å². The minimum Gasteiger partial charge on any atom is -0.355 e. The number of aromatic nitrogens is 8. The zero-order valence-corrected chi connectivity index (χ0v) is 77.9. The second kappa shape index (κ2) is 31.3. The van der Waals surface area contributed by atoms with Crippen LogP contribution in [0, 0.1) is 11.8 Å². The lowest BCUT2D eigenvalue weighted by Crippen LogP contribution is -2.16. The number of aromatic amines is 4. The number of hydrogen-bond acceptors (Lipinski definition) is 5. The van der Waals surface area contributed by atoms with Crippen molar-refractivity contribution in [2.45, 2.75) is 209 Å². The van der Waals surface area contributed by atoms with E-state index in [9.17, 15) is 4.79 Å². The molecule has 0 fully saturated rings. The van der Waals surface area contributed by atoms with Gasteiger partial charge in [-0.1, -0.05) is 299 Å². The summed E-state index contributed by atoms with van der Waals surface area (Å²) in [6.45, 7) is 55.3. The molecule has 6 aromatic heterocycles. The maximum atomic E-state index is 12.2. The summed E-state index contributed by atoms with van der Waals surface area (Å²) in [5.41, 5.74) is 39.5. The zero-order chi connectivity index (χ0) is 89.4. The number of nitrogens with zero attached hydrogens (tertiary/aromatic N) is 4. The van der Waals surface area contributed by atoms with Crippen LogP contribution in [-0.4, -0.2) is 46.2 Å². The number of benzene rings is 7. The average Bonchev–Trinajstić information content (AvgIpc) is 1.60. The van der Waals surface area contributed by atoms with Gasteiger partial charge in [-0.25, -0.2) is 19.9 Å². The Kier molecular flexibility index (Phi) is 21.1. The van der Waals surface area contributed by atoms with Gasteiger partial charge in [0.15, 0.2) is 0 Å². The Balaban J connectivity index is 0.828. The van der Waals surface area contributed by atoms with E-state index >= 15 is 0 Å². The van der Waals surface area contributed by atoms with Crippen LogP contribution in [0.5, 0.6) is 0 Å². The van der Waals surface area contributed by atoms with Gasteiger partial charge in [-0.15, -0.1) is 0 Å². The van der Waals surface area contributed by atoms with Gasteiger partial charge >= 0.3 is 0 Å². The maximum Gasteiger partial charge on any atom is 0.150 e. The van der Waals surface area contributed by atoms with Gasteiger partial charge in [0.05, 0.1) is 45.6 Å². The molecule has 4 aliphatic heterocycles. The van der Waals surface area contributed by atoms with E-state index in [1.165, 1.54) is 44.5 Å². The normalized spacial score (nSPS) is 13.2. The Labute approximate surface area is 745 Å². The lowest BCUT2D eigenvalue weighted by Gasteiger charge is -2.26. The molecule has 0 unspecified atom stereocenters. The fourth-order valence-electron chi connectivity index (χ4n) is 17.3. The molecule has 13 aromatic rings. The highest BCUT2D eigenvalue weighted by Gasteiger charge is 2.31. The first kappa shape index (κ1) is 85.2. The molecule has 7 aromatic carbocycles. The van der Waals surface area contributed by atoms with Crippen LogP contribution < -0.4 is 0 Å². The highest BCUT2D eigenvalue weighted by molar-refractivity contribution is 6.03. The zero-order valence-electron chi connectivity index (χ0n) is 77.9. The Bertz CT molecular complexity index is 6980. The summed E-state index contributed by atoms with van der Waals surface area (Å²) < 4.78 is 0. The fraction of sp³-hybridized carbons (Fsp3) is 0.274. The fourth-order valence-corrected chi connectivity index (χ4v) is 17.3. The first-order valence-corrected chi connectivity index (χ1v) is 44.6. The molecule has 0 saturated carbocycles. The van der Waals surface area contributed by atoms with Crippen LogP contribution in [0.25, 0.3) is 171 Å². The van der Waals surface area contributed by atoms with Crippen molar-refractivity contribution in [3.05, 3.63) is 307 Å². The molecular weight excluding hydrogens is 1530 g/mol. The van der Waals surface area contributed by atoms with Crippen molar-refractivity contribution >= 4 is 99.0 Å². The summed E-state index contributed by atoms with van der Waals surface area (Å²) in [5.74, 6) is 7.14. The van der Waals surface area contributed by atoms with Crippen LogP contribution >= 0.6 is 0 Å². The van der Waals surface area contributed by atoms with E-state index in [-0.39, 0.29) is 43.3 Å². The molecule has 126 heavy (non-hydrogen) atoms. The van der Waals surface area contributed by atoms with Crippen LogP contribution in [0.3, 0.4) is 0 Å². The Morgan fingerprint density at radius 2 is 0.437 bits per heavy atom. The van der Waals surface area contributed by atoms with Crippen molar-refractivity contribution in [3.63, 3.8) is 0 Å². The standard InChI is InChI=1S/C117H118N8O/c1-110(2,3)79-55-75(56-80(63-79)111(4,5)6)106-90-42-40-88(119-90)67-87-39-41-89(118-87)103(91-43-44-92(120-91)105(95-45-48-96(106)121-95)74-37-31-71(68-126)32-38-74)72-33-27-69(28-34-72)25-26-70-29-35-73(36-30-70)104-93-46-49-97(122-93)107(76-57-81(112(7,8)9)64-82(58-76)113(10,11)12)99-51-53-101(124-99)109(78-61-85(116(19,20)21)66-86(62-78)117(22,23)24)102-54-52-100(125-102)108(98-50-47-94(104)123-98)77-59-83(114(13,14)15)65-84(60-77)115(16,17)18/h27-68,119-120,122,125H,1-24H3. The number of hydrogen-bond donors (Lipinski definition) is 4. The number of carbonyl (C=O) groups excluding carboxylic acids is 1. The Morgan fingerprint density at radius 1 is 0.222 bits per heavy atom. The van der Waals surface area contributed by atoms with E-state index in [2.05, 4.69) is 422 Å². The number of carbonyl (C=O) groups is 1. The first-order chi connectivity index (χ1) is 59.3. The van der Waals surface area contributed by atoms with Crippen molar-refractivity contribution in [2.75, 3.05) is 0 Å². The molecule has 0 aliphatic carbocycles. The molecule has 0 spiro atoms. The molecule has 0 amide bonds. The highest BCUT2D eigenvalue weighted by Crippen LogP contribution is 2.47. The van der Waals surface area contributed by atoms with Gasteiger partial charge in [0.25, 0.3) is 0 Å². The average molecular weight is 1650 g/mol. The molecule has 0 radical (unpaired) electrons. The number of nitrogens with one attached hydrogen (secondary N) is 4. The van der Waals surface area contributed by atoms with E-state index in [1.54, 1.807) is 0 Å². The molecule has 0 saturated heterocycles.